The number of aliphatic carboxylic acids is 1. The Kier molecular flexibility index (Phi) is 17.9. The van der Waals surface area contributed by atoms with Gasteiger partial charge in [-0.3, -0.25) is 24.1 Å². The van der Waals surface area contributed by atoms with Gasteiger partial charge in [0.05, 0.1) is 25.6 Å². The number of benzene rings is 1. The standard InChI is InChI=1S/C39H59N9O6S2/c1-5-6-7-16-43-37-36-30(44-38(40)45-37)14-19-48(36)27-29-9-8-28(25-31(29)54-4)26-46-20-22-47(23-21-46)34(51)12-15-39(2,3)56-55-24-18-42-33(50)13-17-41-32(49)10-11-35(52)53/h8-9,14,19,25H,5-7,10-13,15-18,20-24,26-27H2,1-4H3,(H,41,49)(H,42,50)(H,52,53)(H3,40,43,44,45). The van der Waals surface area contributed by atoms with Gasteiger partial charge in [0, 0.05) is 93.9 Å². The number of fused-ring (bicyclic) bond motifs is 1. The van der Waals surface area contributed by atoms with Crippen LogP contribution >= 0.6 is 21.6 Å². The van der Waals surface area contributed by atoms with E-state index >= 15 is 0 Å². The highest BCUT2D eigenvalue weighted by Gasteiger charge is 2.25. The summed E-state index contributed by atoms with van der Waals surface area (Å²) in [4.78, 5) is 60.6. The van der Waals surface area contributed by atoms with E-state index in [4.69, 9.17) is 15.6 Å². The van der Waals surface area contributed by atoms with Gasteiger partial charge < -0.3 is 41.0 Å². The number of ether oxygens (including phenoxy) is 1. The zero-order chi connectivity index (χ0) is 40.5. The van der Waals surface area contributed by atoms with Gasteiger partial charge in [-0.1, -0.05) is 53.5 Å². The van der Waals surface area contributed by atoms with Crippen molar-refractivity contribution in [1.29, 1.82) is 0 Å². The summed E-state index contributed by atoms with van der Waals surface area (Å²) in [6, 6.07) is 8.36. The number of carbonyl (C=O) groups is 4. The number of nitrogens with zero attached hydrogens (tertiary/aromatic N) is 5. The average Bonchev–Trinajstić information content (AvgIpc) is 3.57. The van der Waals surface area contributed by atoms with Crippen LogP contribution in [-0.2, 0) is 32.3 Å². The lowest BCUT2D eigenvalue weighted by Gasteiger charge is -2.35. The van der Waals surface area contributed by atoms with Gasteiger partial charge in [0.2, 0.25) is 23.7 Å². The maximum Gasteiger partial charge on any atom is 0.303 e. The molecule has 1 aliphatic heterocycles. The SMILES string of the molecule is CCCCCNc1nc(N)nc2ccn(Cc3ccc(CN4CCN(C(=O)CCC(C)(C)SSCCNC(=O)CCNC(=O)CCC(=O)O)CC4)cc3OC)c12. The topological polar surface area (TPSA) is 197 Å². The number of aromatic nitrogens is 3. The Hall–Kier alpha value is -4.22. The van der Waals surface area contributed by atoms with Crippen LogP contribution in [0.3, 0.4) is 0 Å². The summed E-state index contributed by atoms with van der Waals surface area (Å²) in [7, 11) is 5.08. The molecule has 308 valence electrons. The molecule has 0 radical (unpaired) electrons. The molecule has 17 heteroatoms. The van der Waals surface area contributed by atoms with Gasteiger partial charge in [0.25, 0.3) is 0 Å². The van der Waals surface area contributed by atoms with Crippen molar-refractivity contribution in [2.75, 3.05) is 69.7 Å². The molecule has 15 nitrogen and oxygen atoms in total. The van der Waals surface area contributed by atoms with E-state index < -0.39 is 5.97 Å². The molecule has 0 spiro atoms. The molecule has 3 amide bonds. The summed E-state index contributed by atoms with van der Waals surface area (Å²) in [5, 5.41) is 17.5. The van der Waals surface area contributed by atoms with Crippen LogP contribution in [0.25, 0.3) is 11.0 Å². The molecule has 0 atom stereocenters. The third kappa shape index (κ3) is 14.7. The normalized spacial score (nSPS) is 13.5. The number of carbonyl (C=O) groups excluding carboxylic acids is 3. The molecule has 56 heavy (non-hydrogen) atoms. The van der Waals surface area contributed by atoms with Gasteiger partial charge in [0.15, 0.2) is 5.82 Å². The van der Waals surface area contributed by atoms with Crippen molar-refractivity contribution in [3.63, 3.8) is 0 Å². The van der Waals surface area contributed by atoms with Crippen LogP contribution in [0.4, 0.5) is 11.8 Å². The van der Waals surface area contributed by atoms with Gasteiger partial charge >= 0.3 is 5.97 Å². The van der Waals surface area contributed by atoms with Crippen molar-refractivity contribution in [3.8, 4) is 5.75 Å². The van der Waals surface area contributed by atoms with Gasteiger partial charge in [-0.15, -0.1) is 0 Å². The van der Waals surface area contributed by atoms with E-state index in [1.165, 1.54) is 0 Å². The number of rotatable bonds is 24. The molecule has 1 aromatic carbocycles. The molecule has 0 aliphatic carbocycles. The molecule has 3 heterocycles. The van der Waals surface area contributed by atoms with E-state index in [0.29, 0.717) is 38.4 Å². The number of carboxylic acid groups (broad SMARTS) is 1. The fourth-order valence-corrected chi connectivity index (χ4v) is 8.81. The maximum absolute atomic E-state index is 13.2. The van der Waals surface area contributed by atoms with E-state index in [9.17, 15) is 19.2 Å². The highest BCUT2D eigenvalue weighted by Crippen LogP contribution is 2.38. The number of nitrogens with two attached hydrogens (primary N) is 1. The number of amides is 3. The number of nitrogens with one attached hydrogen (secondary N) is 3. The molecular weight excluding hydrogens is 755 g/mol. The molecule has 0 saturated carbocycles. The van der Waals surface area contributed by atoms with Crippen LogP contribution in [0.15, 0.2) is 30.5 Å². The Morgan fingerprint density at radius 2 is 1.68 bits per heavy atom. The fourth-order valence-electron chi connectivity index (χ4n) is 6.33. The molecule has 6 N–H and O–H groups in total. The van der Waals surface area contributed by atoms with Gasteiger partial charge in [-0.25, -0.2) is 4.98 Å². The fraction of sp³-hybridized carbons (Fsp3) is 0.590. The molecular formula is C39H59N9O6S2. The second-order valence-corrected chi connectivity index (χ2v) is 17.7. The molecule has 2 aromatic heterocycles. The summed E-state index contributed by atoms with van der Waals surface area (Å²) < 4.78 is 7.89. The van der Waals surface area contributed by atoms with E-state index in [-0.39, 0.29) is 54.2 Å². The lowest BCUT2D eigenvalue weighted by molar-refractivity contribution is -0.139. The van der Waals surface area contributed by atoms with Crippen LogP contribution in [0, 0.1) is 0 Å². The number of carboxylic acids is 1. The van der Waals surface area contributed by atoms with Crippen molar-refractivity contribution in [2.45, 2.75) is 90.0 Å². The third-order valence-electron chi connectivity index (χ3n) is 9.50. The number of hydrogen-bond donors (Lipinski definition) is 5. The first kappa shape index (κ1) is 44.5. The first-order chi connectivity index (χ1) is 26.9. The Bertz CT molecular complexity index is 1760. The quantitative estimate of drug-likeness (QED) is 0.0615. The largest absolute Gasteiger partial charge is 0.496 e. The van der Waals surface area contributed by atoms with Crippen molar-refractivity contribution in [1.82, 2.24) is 35.0 Å². The van der Waals surface area contributed by atoms with Gasteiger partial charge in [0.1, 0.15) is 11.3 Å². The lowest BCUT2D eigenvalue weighted by Crippen LogP contribution is -2.48. The smallest absolute Gasteiger partial charge is 0.303 e. The molecule has 0 bridgehead atoms. The molecule has 4 rings (SSSR count). The maximum atomic E-state index is 13.2. The average molecular weight is 814 g/mol. The molecule has 1 aliphatic rings. The predicted octanol–water partition coefficient (Wildman–Crippen LogP) is 4.74. The Morgan fingerprint density at radius 1 is 0.929 bits per heavy atom. The Morgan fingerprint density at radius 3 is 2.41 bits per heavy atom. The minimum atomic E-state index is -1.03. The monoisotopic (exact) mass is 813 g/mol. The predicted molar refractivity (Wildman–Crippen MR) is 225 cm³/mol. The number of methoxy groups -OCH3 is 1. The van der Waals surface area contributed by atoms with E-state index in [1.807, 2.05) is 17.2 Å². The number of piperazine rings is 1. The highest BCUT2D eigenvalue weighted by molar-refractivity contribution is 8.77. The molecule has 0 unspecified atom stereocenters. The molecule has 3 aromatic rings. The van der Waals surface area contributed by atoms with Gasteiger partial charge in [-0.05, 0) is 44.4 Å². The summed E-state index contributed by atoms with van der Waals surface area (Å²) >= 11 is 0. The Balaban J connectivity index is 1.16. The number of hydrogen-bond acceptors (Lipinski definition) is 12. The second kappa shape index (κ2) is 22.5. The zero-order valence-corrected chi connectivity index (χ0v) is 34.9. The van der Waals surface area contributed by atoms with Crippen LogP contribution in [0.5, 0.6) is 5.75 Å². The molecule has 1 fully saturated rings. The number of unbranched alkanes of at least 4 members (excludes halogenated alkanes) is 2. The minimum absolute atomic E-state index is 0.0995. The van der Waals surface area contributed by atoms with Crippen molar-refractivity contribution >= 4 is 68.1 Å². The van der Waals surface area contributed by atoms with Gasteiger partial charge in [-0.2, -0.15) is 4.98 Å². The highest BCUT2D eigenvalue weighted by atomic mass is 33.1. The van der Waals surface area contributed by atoms with Crippen molar-refractivity contribution in [2.24, 2.45) is 0 Å². The zero-order valence-electron chi connectivity index (χ0n) is 33.2. The second-order valence-electron chi connectivity index (χ2n) is 14.6. The first-order valence-corrected chi connectivity index (χ1v) is 21.8. The first-order valence-electron chi connectivity index (χ1n) is 19.5. The van der Waals surface area contributed by atoms with Crippen LogP contribution in [0.2, 0.25) is 0 Å². The third-order valence-corrected chi connectivity index (χ3v) is 12.8. The lowest BCUT2D eigenvalue weighted by atomic mass is 10.1. The summed E-state index contributed by atoms with van der Waals surface area (Å²) in [6.45, 7) is 12.3. The van der Waals surface area contributed by atoms with Crippen molar-refractivity contribution in [3.05, 3.63) is 41.6 Å². The Labute approximate surface area is 338 Å². The minimum Gasteiger partial charge on any atom is -0.496 e. The number of nitrogen functional groups attached to an aromatic ring is 1. The molecule has 1 saturated heterocycles. The van der Waals surface area contributed by atoms with Crippen LogP contribution in [0.1, 0.15) is 83.3 Å². The van der Waals surface area contributed by atoms with E-state index in [2.05, 4.69) is 74.4 Å². The van der Waals surface area contributed by atoms with E-state index in [0.717, 1.165) is 85.6 Å². The van der Waals surface area contributed by atoms with E-state index in [1.54, 1.807) is 28.7 Å². The summed E-state index contributed by atoms with van der Waals surface area (Å²) in [5.41, 5.74) is 9.95. The number of anilines is 2. The summed E-state index contributed by atoms with van der Waals surface area (Å²) in [6.07, 6.45) is 6.41. The van der Waals surface area contributed by atoms with Crippen LogP contribution < -0.4 is 26.4 Å². The van der Waals surface area contributed by atoms with Crippen LogP contribution in [-0.4, -0.2) is 117 Å². The van der Waals surface area contributed by atoms with Crippen molar-refractivity contribution < 1.29 is 29.0 Å². The summed E-state index contributed by atoms with van der Waals surface area (Å²) in [5.74, 6) is 1.14.